The van der Waals surface area contributed by atoms with E-state index in [1.54, 1.807) is 24.3 Å². The number of nitriles is 1. The van der Waals surface area contributed by atoms with Gasteiger partial charge in [0.15, 0.2) is 12.0 Å². The van der Waals surface area contributed by atoms with E-state index in [2.05, 4.69) is 36.1 Å². The summed E-state index contributed by atoms with van der Waals surface area (Å²) in [5.41, 5.74) is 1.75. The van der Waals surface area contributed by atoms with Crippen LogP contribution >= 0.6 is 0 Å². The number of amides is 1. The molecule has 3 aliphatic heterocycles. The number of hydrogen-bond donors (Lipinski definition) is 1. The highest BCUT2D eigenvalue weighted by atomic mass is 19.1. The Labute approximate surface area is 241 Å². The third kappa shape index (κ3) is 5.95. The number of benzene rings is 2. The SMILES string of the molecule is N#Cc1cc(-c2ncnc(Nc3ccc(N4CCN(C5COC5)CC4)cc3F)n2)ccc1OC1CCN(C=O)CC1F. The first-order chi connectivity index (χ1) is 20.5. The maximum absolute atomic E-state index is 15.1. The molecule has 1 aromatic heterocycles. The van der Waals surface area contributed by atoms with E-state index < -0.39 is 18.1 Å². The first-order valence-corrected chi connectivity index (χ1v) is 13.9. The van der Waals surface area contributed by atoms with E-state index in [0.717, 1.165) is 45.1 Å². The number of hydrogen-bond acceptors (Lipinski definition) is 10. The summed E-state index contributed by atoms with van der Waals surface area (Å²) in [6.45, 7) is 5.39. The van der Waals surface area contributed by atoms with Crippen molar-refractivity contribution in [2.75, 3.05) is 62.7 Å². The second-order valence-corrected chi connectivity index (χ2v) is 10.5. The molecule has 2 atom stereocenters. The van der Waals surface area contributed by atoms with Crippen molar-refractivity contribution >= 4 is 23.7 Å². The zero-order valence-corrected chi connectivity index (χ0v) is 22.8. The summed E-state index contributed by atoms with van der Waals surface area (Å²) in [6.07, 6.45) is 0.114. The zero-order chi connectivity index (χ0) is 29.1. The maximum atomic E-state index is 15.1. The smallest absolute Gasteiger partial charge is 0.230 e. The van der Waals surface area contributed by atoms with Gasteiger partial charge in [0.2, 0.25) is 12.4 Å². The molecular formula is C29H30F2N8O3. The van der Waals surface area contributed by atoms with E-state index in [9.17, 15) is 14.4 Å². The average molecular weight is 577 g/mol. The highest BCUT2D eigenvalue weighted by molar-refractivity contribution is 5.64. The maximum Gasteiger partial charge on any atom is 0.230 e. The number of piperazine rings is 1. The number of carbonyl (C=O) groups is 1. The van der Waals surface area contributed by atoms with Crippen molar-refractivity contribution in [1.29, 1.82) is 5.26 Å². The number of rotatable bonds is 8. The Morgan fingerprint density at radius 1 is 1.10 bits per heavy atom. The number of nitrogens with zero attached hydrogens (tertiary/aromatic N) is 7. The Morgan fingerprint density at radius 2 is 1.93 bits per heavy atom. The normalized spacial score (nSPS) is 21.4. The molecule has 0 radical (unpaired) electrons. The van der Waals surface area contributed by atoms with Crippen molar-refractivity contribution in [2.45, 2.75) is 24.7 Å². The van der Waals surface area contributed by atoms with Crippen molar-refractivity contribution in [2.24, 2.45) is 0 Å². The van der Waals surface area contributed by atoms with E-state index in [0.29, 0.717) is 31.0 Å². The molecule has 0 bridgehead atoms. The summed E-state index contributed by atoms with van der Waals surface area (Å²) in [5.74, 6) is 0.221. The molecule has 0 spiro atoms. The van der Waals surface area contributed by atoms with Crippen molar-refractivity contribution in [3.8, 4) is 23.2 Å². The molecular weight excluding hydrogens is 546 g/mol. The van der Waals surface area contributed by atoms with Gasteiger partial charge in [-0.25, -0.2) is 18.7 Å². The van der Waals surface area contributed by atoms with Gasteiger partial charge in [0.05, 0.1) is 37.1 Å². The van der Waals surface area contributed by atoms with E-state index in [1.807, 2.05) is 6.07 Å². The number of likely N-dealkylation sites (tertiary alicyclic amines) is 1. The number of alkyl halides is 1. The second-order valence-electron chi connectivity index (χ2n) is 10.5. The summed E-state index contributed by atoms with van der Waals surface area (Å²) >= 11 is 0. The van der Waals surface area contributed by atoms with Crippen LogP contribution in [0, 0.1) is 17.1 Å². The molecule has 0 aliphatic carbocycles. The Hall–Kier alpha value is -4.41. The number of anilines is 3. The van der Waals surface area contributed by atoms with Gasteiger partial charge < -0.3 is 24.6 Å². The molecule has 3 saturated heterocycles. The van der Waals surface area contributed by atoms with Gasteiger partial charge in [-0.1, -0.05) is 0 Å². The number of carbonyl (C=O) groups excluding carboxylic acids is 1. The fraction of sp³-hybridized carbons (Fsp3) is 0.414. The highest BCUT2D eigenvalue weighted by Crippen LogP contribution is 2.29. The fourth-order valence-electron chi connectivity index (χ4n) is 5.36. The number of piperidine rings is 1. The van der Waals surface area contributed by atoms with Gasteiger partial charge in [0, 0.05) is 50.4 Å². The zero-order valence-electron chi connectivity index (χ0n) is 22.8. The van der Waals surface area contributed by atoms with Crippen molar-refractivity contribution in [1.82, 2.24) is 24.8 Å². The van der Waals surface area contributed by atoms with Crippen LogP contribution in [0.5, 0.6) is 5.75 Å². The summed E-state index contributed by atoms with van der Waals surface area (Å²) < 4.78 is 40.7. The van der Waals surface area contributed by atoms with Crippen LogP contribution in [0.4, 0.5) is 26.1 Å². The topological polar surface area (TPSA) is 120 Å². The predicted molar refractivity (Wildman–Crippen MR) is 150 cm³/mol. The van der Waals surface area contributed by atoms with Crippen LogP contribution in [0.2, 0.25) is 0 Å². The van der Waals surface area contributed by atoms with Crippen LogP contribution in [0.1, 0.15) is 12.0 Å². The summed E-state index contributed by atoms with van der Waals surface area (Å²) in [6, 6.07) is 12.4. The number of ether oxygens (including phenoxy) is 2. The molecule has 218 valence electrons. The molecule has 42 heavy (non-hydrogen) atoms. The summed E-state index contributed by atoms with van der Waals surface area (Å²) in [5, 5.41) is 12.6. The summed E-state index contributed by atoms with van der Waals surface area (Å²) in [7, 11) is 0. The number of halogens is 2. The van der Waals surface area contributed by atoms with Gasteiger partial charge in [0.1, 0.15) is 30.1 Å². The van der Waals surface area contributed by atoms with Crippen LogP contribution in [0.25, 0.3) is 11.4 Å². The largest absolute Gasteiger partial charge is 0.486 e. The number of nitrogens with one attached hydrogen (secondary N) is 1. The van der Waals surface area contributed by atoms with Crippen LogP contribution in [-0.2, 0) is 9.53 Å². The minimum Gasteiger partial charge on any atom is -0.486 e. The molecule has 4 heterocycles. The lowest BCUT2D eigenvalue weighted by Crippen LogP contribution is -2.56. The minimum absolute atomic E-state index is 0.0499. The van der Waals surface area contributed by atoms with Gasteiger partial charge in [0.25, 0.3) is 0 Å². The third-order valence-corrected chi connectivity index (χ3v) is 7.89. The van der Waals surface area contributed by atoms with E-state index >= 15 is 4.39 Å². The first-order valence-electron chi connectivity index (χ1n) is 13.9. The quantitative estimate of drug-likeness (QED) is 0.401. The summed E-state index contributed by atoms with van der Waals surface area (Å²) in [4.78, 5) is 29.6. The van der Waals surface area contributed by atoms with Gasteiger partial charge in [-0.3, -0.25) is 9.69 Å². The van der Waals surface area contributed by atoms with E-state index in [1.165, 1.54) is 17.3 Å². The van der Waals surface area contributed by atoms with Gasteiger partial charge >= 0.3 is 0 Å². The van der Waals surface area contributed by atoms with Crippen LogP contribution in [0.15, 0.2) is 42.7 Å². The average Bonchev–Trinajstić information content (AvgIpc) is 2.99. The molecule has 0 saturated carbocycles. The van der Waals surface area contributed by atoms with E-state index in [4.69, 9.17) is 9.47 Å². The lowest BCUT2D eigenvalue weighted by atomic mass is 10.1. The Balaban J connectivity index is 1.11. The first kappa shape index (κ1) is 27.7. The molecule has 6 rings (SSSR count). The van der Waals surface area contributed by atoms with Gasteiger partial charge in [-0.15, -0.1) is 0 Å². The van der Waals surface area contributed by atoms with Crippen molar-refractivity contribution in [3.05, 3.63) is 54.1 Å². The van der Waals surface area contributed by atoms with Gasteiger partial charge in [-0.05, 0) is 36.4 Å². The second kappa shape index (κ2) is 12.2. The van der Waals surface area contributed by atoms with Crippen LogP contribution in [0.3, 0.4) is 0 Å². The Kier molecular flexibility index (Phi) is 8.07. The minimum atomic E-state index is -1.36. The predicted octanol–water partition coefficient (Wildman–Crippen LogP) is 2.76. The monoisotopic (exact) mass is 576 g/mol. The van der Waals surface area contributed by atoms with Crippen LogP contribution in [-0.4, -0.2) is 102 Å². The fourth-order valence-corrected chi connectivity index (χ4v) is 5.36. The van der Waals surface area contributed by atoms with E-state index in [-0.39, 0.29) is 35.3 Å². The molecule has 3 fully saturated rings. The molecule has 3 aliphatic rings. The van der Waals surface area contributed by atoms with Crippen LogP contribution < -0.4 is 15.0 Å². The third-order valence-electron chi connectivity index (χ3n) is 7.89. The molecule has 3 aromatic rings. The molecule has 13 heteroatoms. The number of aromatic nitrogens is 3. The molecule has 1 N–H and O–H groups in total. The standard InChI is InChI=1S/C29H30F2N8O3/c30-23-12-21(38-7-9-39(10-8-38)22-15-41-16-22)2-3-25(23)35-29-34-17-33-28(36-29)19-1-4-26(20(11-19)13-32)42-27-5-6-37(18-40)14-24(27)31/h1-4,11-12,17-18,22,24,27H,5-10,14-16H2,(H,33,34,35,36). The molecule has 2 aromatic carbocycles. The van der Waals surface area contributed by atoms with Crippen molar-refractivity contribution in [3.63, 3.8) is 0 Å². The van der Waals surface area contributed by atoms with Crippen molar-refractivity contribution < 1.29 is 23.0 Å². The molecule has 11 nitrogen and oxygen atoms in total. The Morgan fingerprint density at radius 3 is 2.62 bits per heavy atom. The lowest BCUT2D eigenvalue weighted by Gasteiger charge is -2.43. The Bertz CT molecular complexity index is 1480. The molecule has 1 amide bonds. The molecule has 2 unspecified atom stereocenters. The van der Waals surface area contributed by atoms with Gasteiger partial charge in [-0.2, -0.15) is 10.2 Å². The lowest BCUT2D eigenvalue weighted by molar-refractivity contribution is -0.121. The highest BCUT2D eigenvalue weighted by Gasteiger charge is 2.31.